The number of rotatable bonds is 6. The number of aliphatic carboxylic acids is 1. The Morgan fingerprint density at radius 3 is 2.68 bits per heavy atom. The topological polar surface area (TPSA) is 110 Å². The Morgan fingerprint density at radius 2 is 2.11 bits per heavy atom. The van der Waals surface area contributed by atoms with Gasteiger partial charge in [-0.1, -0.05) is 12.1 Å². The summed E-state index contributed by atoms with van der Waals surface area (Å²) in [6.45, 7) is 2.05. The van der Waals surface area contributed by atoms with Gasteiger partial charge >= 0.3 is 11.9 Å². The van der Waals surface area contributed by atoms with Gasteiger partial charge in [0.25, 0.3) is 0 Å². The number of aryl methyl sites for hydroxylation is 1. The summed E-state index contributed by atoms with van der Waals surface area (Å²) < 4.78 is 4.80. The fourth-order valence-electron chi connectivity index (χ4n) is 1.63. The molecule has 1 rings (SSSR count). The molecule has 0 bridgehead atoms. The molecule has 0 saturated heterocycles. The first-order valence-electron chi connectivity index (χ1n) is 5.90. The molecule has 0 heterocycles. The number of hydrogen-bond acceptors (Lipinski definition) is 5. The van der Waals surface area contributed by atoms with E-state index in [0.717, 1.165) is 5.56 Å². The number of nitrogens with two attached hydrogens (primary N) is 1. The van der Waals surface area contributed by atoms with Gasteiger partial charge in [0.2, 0.25) is 0 Å². The van der Waals surface area contributed by atoms with E-state index < -0.39 is 12.1 Å². The van der Waals surface area contributed by atoms with E-state index in [4.69, 9.17) is 15.6 Å². The second kappa shape index (κ2) is 6.75. The van der Waals surface area contributed by atoms with Crippen LogP contribution in [0.1, 0.15) is 30.6 Å². The maximum atomic E-state index is 11.2. The molecule has 0 spiro atoms. The summed E-state index contributed by atoms with van der Waals surface area (Å²) in [5, 5.41) is 18.3. The SMILES string of the molecule is CCOC(=O)CCc1ccc(N)c(C(O)C(=O)O)c1. The predicted molar refractivity (Wildman–Crippen MR) is 68.4 cm³/mol. The van der Waals surface area contributed by atoms with Gasteiger partial charge in [0.1, 0.15) is 0 Å². The average molecular weight is 267 g/mol. The molecule has 4 N–H and O–H groups in total. The molecule has 0 aliphatic rings. The normalized spacial score (nSPS) is 11.9. The van der Waals surface area contributed by atoms with Crippen molar-refractivity contribution in [2.24, 2.45) is 0 Å². The molecule has 0 saturated carbocycles. The molecule has 6 heteroatoms. The number of aliphatic hydroxyl groups excluding tert-OH is 1. The highest BCUT2D eigenvalue weighted by molar-refractivity contribution is 5.76. The van der Waals surface area contributed by atoms with E-state index in [-0.39, 0.29) is 23.6 Å². The van der Waals surface area contributed by atoms with Gasteiger partial charge in [-0.15, -0.1) is 0 Å². The highest BCUT2D eigenvalue weighted by atomic mass is 16.5. The van der Waals surface area contributed by atoms with Crippen molar-refractivity contribution in [1.29, 1.82) is 0 Å². The molecule has 6 nitrogen and oxygen atoms in total. The molecule has 1 unspecified atom stereocenters. The second-order valence-electron chi connectivity index (χ2n) is 4.01. The van der Waals surface area contributed by atoms with Gasteiger partial charge in [-0.05, 0) is 25.0 Å². The molecule has 1 aromatic rings. The Bertz CT molecular complexity index is 472. The number of aliphatic hydroxyl groups is 1. The van der Waals surface area contributed by atoms with E-state index in [2.05, 4.69) is 0 Å². The van der Waals surface area contributed by atoms with Crippen LogP contribution in [0.3, 0.4) is 0 Å². The number of carbonyl (C=O) groups excluding carboxylic acids is 1. The van der Waals surface area contributed by atoms with E-state index in [1.54, 1.807) is 13.0 Å². The lowest BCUT2D eigenvalue weighted by molar-refractivity contribution is -0.147. The number of anilines is 1. The smallest absolute Gasteiger partial charge is 0.337 e. The van der Waals surface area contributed by atoms with Gasteiger partial charge in [-0.25, -0.2) is 4.79 Å². The first-order valence-corrected chi connectivity index (χ1v) is 5.90. The summed E-state index contributed by atoms with van der Waals surface area (Å²) >= 11 is 0. The maximum Gasteiger partial charge on any atom is 0.337 e. The molecular formula is C13H17NO5. The second-order valence-corrected chi connectivity index (χ2v) is 4.01. The highest BCUT2D eigenvalue weighted by Gasteiger charge is 2.19. The van der Waals surface area contributed by atoms with Crippen LogP contribution < -0.4 is 5.73 Å². The average Bonchev–Trinajstić information content (AvgIpc) is 2.37. The molecule has 0 fully saturated rings. The van der Waals surface area contributed by atoms with Crippen molar-refractivity contribution < 1.29 is 24.5 Å². The number of esters is 1. The van der Waals surface area contributed by atoms with Crippen LogP contribution in [0.5, 0.6) is 0 Å². The summed E-state index contributed by atoms with van der Waals surface area (Å²) in [6.07, 6.45) is -1.07. The van der Waals surface area contributed by atoms with Crippen molar-refractivity contribution in [3.05, 3.63) is 29.3 Å². The zero-order valence-electron chi connectivity index (χ0n) is 10.6. The minimum Gasteiger partial charge on any atom is -0.479 e. The van der Waals surface area contributed by atoms with Crippen molar-refractivity contribution >= 4 is 17.6 Å². The summed E-state index contributed by atoms with van der Waals surface area (Å²) in [5.74, 6) is -1.69. The molecule has 0 aliphatic heterocycles. The largest absolute Gasteiger partial charge is 0.479 e. The Labute approximate surface area is 110 Å². The molecule has 104 valence electrons. The van der Waals surface area contributed by atoms with Crippen molar-refractivity contribution in [3.63, 3.8) is 0 Å². The van der Waals surface area contributed by atoms with E-state index >= 15 is 0 Å². The number of nitrogen functional groups attached to an aromatic ring is 1. The Kier molecular flexibility index (Phi) is 5.32. The molecule has 0 aromatic heterocycles. The van der Waals surface area contributed by atoms with Crippen molar-refractivity contribution in [1.82, 2.24) is 0 Å². The van der Waals surface area contributed by atoms with Crippen LogP contribution in [0.4, 0.5) is 5.69 Å². The molecule has 0 radical (unpaired) electrons. The minimum atomic E-state index is -1.66. The number of carboxylic acids is 1. The van der Waals surface area contributed by atoms with Gasteiger partial charge < -0.3 is 20.7 Å². The lowest BCUT2D eigenvalue weighted by Gasteiger charge is -2.11. The first-order chi connectivity index (χ1) is 8.95. The van der Waals surface area contributed by atoms with Gasteiger partial charge in [-0.2, -0.15) is 0 Å². The van der Waals surface area contributed by atoms with Crippen LogP contribution in [-0.2, 0) is 20.7 Å². The van der Waals surface area contributed by atoms with E-state index in [9.17, 15) is 14.7 Å². The Morgan fingerprint density at radius 1 is 1.42 bits per heavy atom. The third-order valence-electron chi connectivity index (χ3n) is 2.60. The fourth-order valence-corrected chi connectivity index (χ4v) is 1.63. The van der Waals surface area contributed by atoms with Crippen LogP contribution in [0.25, 0.3) is 0 Å². The summed E-state index contributed by atoms with van der Waals surface area (Å²) in [6, 6.07) is 4.70. The number of benzene rings is 1. The number of ether oxygens (including phenoxy) is 1. The lowest BCUT2D eigenvalue weighted by atomic mass is 10.0. The standard InChI is InChI=1S/C13H17NO5/c1-2-19-11(15)6-4-8-3-5-10(14)9(7-8)12(16)13(17)18/h3,5,7,12,16H,2,4,6,14H2,1H3,(H,17,18). The van der Waals surface area contributed by atoms with Gasteiger partial charge in [0.05, 0.1) is 6.61 Å². The molecule has 1 atom stereocenters. The number of hydrogen-bond donors (Lipinski definition) is 3. The molecule has 0 amide bonds. The Balaban J connectivity index is 2.79. The molecule has 19 heavy (non-hydrogen) atoms. The fraction of sp³-hybridized carbons (Fsp3) is 0.385. The van der Waals surface area contributed by atoms with E-state index in [1.807, 2.05) is 0 Å². The van der Waals surface area contributed by atoms with Crippen LogP contribution in [-0.4, -0.2) is 28.8 Å². The Hall–Kier alpha value is -2.08. The third kappa shape index (κ3) is 4.26. The van der Waals surface area contributed by atoms with Crippen molar-refractivity contribution in [2.75, 3.05) is 12.3 Å². The van der Waals surface area contributed by atoms with E-state index in [1.165, 1.54) is 12.1 Å². The summed E-state index contributed by atoms with van der Waals surface area (Å²) in [5.41, 5.74) is 6.67. The zero-order valence-corrected chi connectivity index (χ0v) is 10.6. The van der Waals surface area contributed by atoms with Gasteiger partial charge in [0, 0.05) is 17.7 Å². The summed E-state index contributed by atoms with van der Waals surface area (Å²) in [7, 11) is 0. The number of carbonyl (C=O) groups is 2. The zero-order chi connectivity index (χ0) is 14.4. The van der Waals surface area contributed by atoms with E-state index in [0.29, 0.717) is 13.0 Å². The molecular weight excluding hydrogens is 250 g/mol. The third-order valence-corrected chi connectivity index (χ3v) is 2.60. The number of carboxylic acid groups (broad SMARTS) is 1. The van der Waals surface area contributed by atoms with Crippen molar-refractivity contribution in [3.8, 4) is 0 Å². The maximum absolute atomic E-state index is 11.2. The van der Waals surface area contributed by atoms with Gasteiger partial charge in [0.15, 0.2) is 6.10 Å². The van der Waals surface area contributed by atoms with Gasteiger partial charge in [-0.3, -0.25) is 4.79 Å². The quantitative estimate of drug-likeness (QED) is 0.521. The molecule has 0 aliphatic carbocycles. The molecule has 1 aromatic carbocycles. The summed E-state index contributed by atoms with van der Waals surface area (Å²) in [4.78, 5) is 22.0. The van der Waals surface area contributed by atoms with Crippen molar-refractivity contribution in [2.45, 2.75) is 25.9 Å². The first kappa shape index (κ1) is 15.0. The van der Waals surface area contributed by atoms with Crippen LogP contribution in [0, 0.1) is 0 Å². The lowest BCUT2D eigenvalue weighted by Crippen LogP contribution is -2.13. The van der Waals surface area contributed by atoms with Crippen LogP contribution in [0.2, 0.25) is 0 Å². The van der Waals surface area contributed by atoms with Crippen LogP contribution in [0.15, 0.2) is 18.2 Å². The predicted octanol–water partition coefficient (Wildman–Crippen LogP) is 0.882. The minimum absolute atomic E-state index is 0.133. The monoisotopic (exact) mass is 267 g/mol. The van der Waals surface area contributed by atoms with Crippen LogP contribution >= 0.6 is 0 Å². The highest BCUT2D eigenvalue weighted by Crippen LogP contribution is 2.22.